The Hall–Kier alpha value is -3.10. The highest BCUT2D eigenvalue weighted by Gasteiger charge is 2.30. The van der Waals surface area contributed by atoms with Crippen LogP contribution in [0.3, 0.4) is 0 Å². The van der Waals surface area contributed by atoms with E-state index in [0.717, 1.165) is 24.2 Å². The first kappa shape index (κ1) is 16.4. The molecule has 0 saturated carbocycles. The zero-order valence-electron chi connectivity index (χ0n) is 14.6. The van der Waals surface area contributed by atoms with Gasteiger partial charge >= 0.3 is 5.76 Å². The van der Waals surface area contributed by atoms with Crippen molar-refractivity contribution < 1.29 is 13.7 Å². The van der Waals surface area contributed by atoms with Crippen LogP contribution < -0.4 is 5.76 Å². The highest BCUT2D eigenvalue weighted by atomic mass is 16.5. The molecule has 0 spiro atoms. The number of nitrogens with zero attached hydrogens (tertiary/aromatic N) is 4. The first-order chi connectivity index (χ1) is 12.5. The van der Waals surface area contributed by atoms with Gasteiger partial charge in [0, 0.05) is 30.5 Å². The number of rotatable bonds is 3. The molecule has 1 amide bonds. The Kier molecular flexibility index (Phi) is 3.98. The maximum absolute atomic E-state index is 13.1. The van der Waals surface area contributed by atoms with Gasteiger partial charge in [0.2, 0.25) is 5.89 Å². The van der Waals surface area contributed by atoms with Crippen LogP contribution in [0.4, 0.5) is 0 Å². The number of hydrogen-bond donors (Lipinski definition) is 1. The summed E-state index contributed by atoms with van der Waals surface area (Å²) in [7, 11) is 0. The maximum atomic E-state index is 13.1. The summed E-state index contributed by atoms with van der Waals surface area (Å²) < 4.78 is 11.9. The fourth-order valence-electron chi connectivity index (χ4n) is 3.60. The van der Waals surface area contributed by atoms with Crippen molar-refractivity contribution in [3.05, 3.63) is 51.8 Å². The van der Waals surface area contributed by atoms with Crippen LogP contribution in [0.25, 0.3) is 5.82 Å². The van der Waals surface area contributed by atoms with Crippen molar-refractivity contribution >= 4 is 5.91 Å². The zero-order chi connectivity index (χ0) is 18.3. The number of carbonyl (C=O) groups is 1. The van der Waals surface area contributed by atoms with Gasteiger partial charge in [-0.2, -0.15) is 0 Å². The summed E-state index contributed by atoms with van der Waals surface area (Å²) in [6.45, 7) is 4.96. The van der Waals surface area contributed by atoms with Gasteiger partial charge in [-0.15, -0.1) is 5.10 Å². The van der Waals surface area contributed by atoms with Crippen LogP contribution in [0.1, 0.15) is 46.4 Å². The molecule has 1 aliphatic heterocycles. The number of carbonyl (C=O) groups excluding carboxylic acids is 1. The third-order valence-corrected chi connectivity index (χ3v) is 4.83. The minimum Gasteiger partial charge on any atom is -0.392 e. The lowest BCUT2D eigenvalue weighted by Gasteiger charge is -2.31. The summed E-state index contributed by atoms with van der Waals surface area (Å²) in [5.41, 5.74) is 2.36. The lowest BCUT2D eigenvalue weighted by Crippen LogP contribution is -2.39. The smallest absolute Gasteiger partial charge is 0.392 e. The van der Waals surface area contributed by atoms with Gasteiger partial charge in [-0.25, -0.2) is 9.89 Å². The summed E-state index contributed by atoms with van der Waals surface area (Å²) in [5, 5.41) is 10.1. The number of likely N-dealkylation sites (tertiary alicyclic amines) is 1. The van der Waals surface area contributed by atoms with Crippen LogP contribution in [-0.4, -0.2) is 43.8 Å². The number of aryl methyl sites for hydroxylation is 1. The second kappa shape index (κ2) is 6.32. The largest absolute Gasteiger partial charge is 0.434 e. The van der Waals surface area contributed by atoms with Gasteiger partial charge in [0.1, 0.15) is 6.26 Å². The highest BCUT2D eigenvalue weighted by Crippen LogP contribution is 2.27. The molecule has 9 nitrogen and oxygen atoms in total. The van der Waals surface area contributed by atoms with E-state index in [0.29, 0.717) is 30.4 Å². The molecule has 4 heterocycles. The van der Waals surface area contributed by atoms with Crippen LogP contribution in [0, 0.1) is 13.8 Å². The zero-order valence-corrected chi connectivity index (χ0v) is 14.6. The topological polar surface area (TPSA) is 110 Å². The SMILES string of the molecule is Cc1cc(C(=O)N2CCCC(c3n[nH]c(=O)o3)C2)c(C)n1-c1ccon1. The van der Waals surface area contributed by atoms with E-state index in [9.17, 15) is 9.59 Å². The Bertz CT molecular complexity index is 981. The van der Waals surface area contributed by atoms with Gasteiger partial charge in [0.25, 0.3) is 5.91 Å². The lowest BCUT2D eigenvalue weighted by molar-refractivity contribution is 0.0697. The fourth-order valence-corrected chi connectivity index (χ4v) is 3.60. The molecule has 1 N–H and O–H groups in total. The average Bonchev–Trinajstić information content (AvgIpc) is 3.36. The number of nitrogens with one attached hydrogen (secondary N) is 1. The molecular formula is C17H19N5O4. The number of amides is 1. The van der Waals surface area contributed by atoms with E-state index in [1.165, 1.54) is 6.26 Å². The molecule has 9 heteroatoms. The number of aromatic amines is 1. The normalized spacial score (nSPS) is 17.6. The predicted molar refractivity (Wildman–Crippen MR) is 90.3 cm³/mol. The summed E-state index contributed by atoms with van der Waals surface area (Å²) in [6, 6.07) is 3.62. The van der Waals surface area contributed by atoms with Gasteiger partial charge in [-0.05, 0) is 32.8 Å². The Labute approximate surface area is 148 Å². The van der Waals surface area contributed by atoms with Gasteiger partial charge in [-0.3, -0.25) is 9.36 Å². The first-order valence-corrected chi connectivity index (χ1v) is 8.49. The second-order valence-corrected chi connectivity index (χ2v) is 6.52. The van der Waals surface area contributed by atoms with Crippen LogP contribution >= 0.6 is 0 Å². The van der Waals surface area contributed by atoms with E-state index in [1.807, 2.05) is 24.5 Å². The van der Waals surface area contributed by atoms with Crippen LogP contribution in [0.5, 0.6) is 0 Å². The molecule has 1 saturated heterocycles. The van der Waals surface area contributed by atoms with E-state index >= 15 is 0 Å². The van der Waals surface area contributed by atoms with Crippen molar-refractivity contribution in [2.24, 2.45) is 0 Å². The Morgan fingerprint density at radius 2 is 2.23 bits per heavy atom. The van der Waals surface area contributed by atoms with E-state index < -0.39 is 5.76 Å². The Balaban J connectivity index is 1.60. The predicted octanol–water partition coefficient (Wildman–Crippen LogP) is 1.78. The van der Waals surface area contributed by atoms with Crippen molar-refractivity contribution in [1.29, 1.82) is 0 Å². The van der Waals surface area contributed by atoms with Gasteiger partial charge in [0.15, 0.2) is 5.82 Å². The highest BCUT2D eigenvalue weighted by molar-refractivity contribution is 5.96. The summed E-state index contributed by atoms with van der Waals surface area (Å²) in [4.78, 5) is 26.1. The molecule has 4 rings (SSSR count). The standard InChI is InChI=1S/C17H19N5O4/c1-10-8-13(11(2)22(10)14-5-7-25-20-14)16(23)21-6-3-4-12(9-21)15-18-19-17(24)26-15/h5,7-8,12H,3-4,6,9H2,1-2H3,(H,19,24). The van der Waals surface area contributed by atoms with Crippen molar-refractivity contribution in [3.8, 4) is 5.82 Å². The van der Waals surface area contributed by atoms with Gasteiger partial charge in [0.05, 0.1) is 11.5 Å². The molecule has 3 aromatic rings. The molecule has 1 aliphatic rings. The number of H-pyrrole nitrogens is 1. The van der Waals surface area contributed by atoms with Crippen LogP contribution in [0.15, 0.2) is 32.1 Å². The van der Waals surface area contributed by atoms with Crippen molar-refractivity contribution in [3.63, 3.8) is 0 Å². The third kappa shape index (κ3) is 2.75. The summed E-state index contributed by atoms with van der Waals surface area (Å²) in [6.07, 6.45) is 3.16. The molecule has 1 unspecified atom stereocenters. The lowest BCUT2D eigenvalue weighted by atomic mass is 9.97. The number of aromatic nitrogens is 4. The van der Waals surface area contributed by atoms with Crippen LogP contribution in [0.2, 0.25) is 0 Å². The number of hydrogen-bond acceptors (Lipinski definition) is 6. The summed E-state index contributed by atoms with van der Waals surface area (Å²) >= 11 is 0. The first-order valence-electron chi connectivity index (χ1n) is 8.49. The third-order valence-electron chi connectivity index (χ3n) is 4.83. The molecule has 3 aromatic heterocycles. The quantitative estimate of drug-likeness (QED) is 0.765. The molecule has 1 fully saturated rings. The Morgan fingerprint density at radius 1 is 1.38 bits per heavy atom. The van der Waals surface area contributed by atoms with E-state index in [2.05, 4.69) is 15.4 Å². The van der Waals surface area contributed by atoms with E-state index in [4.69, 9.17) is 8.94 Å². The molecular weight excluding hydrogens is 338 g/mol. The number of piperidine rings is 1. The monoisotopic (exact) mass is 357 g/mol. The second-order valence-electron chi connectivity index (χ2n) is 6.52. The van der Waals surface area contributed by atoms with Gasteiger partial charge in [-0.1, -0.05) is 5.16 Å². The fraction of sp³-hybridized carbons (Fsp3) is 0.412. The Morgan fingerprint density at radius 3 is 2.92 bits per heavy atom. The van der Waals surface area contributed by atoms with Crippen LogP contribution in [-0.2, 0) is 0 Å². The van der Waals surface area contributed by atoms with E-state index in [1.54, 1.807) is 11.0 Å². The molecule has 26 heavy (non-hydrogen) atoms. The van der Waals surface area contributed by atoms with Crippen molar-refractivity contribution in [2.45, 2.75) is 32.6 Å². The van der Waals surface area contributed by atoms with E-state index in [-0.39, 0.29) is 11.8 Å². The molecule has 0 radical (unpaired) electrons. The summed E-state index contributed by atoms with van der Waals surface area (Å²) in [5.74, 6) is 0.315. The minimum absolute atomic E-state index is 0.0459. The van der Waals surface area contributed by atoms with Crippen molar-refractivity contribution in [1.82, 2.24) is 24.8 Å². The van der Waals surface area contributed by atoms with Gasteiger partial charge < -0.3 is 13.8 Å². The molecule has 1 atom stereocenters. The maximum Gasteiger partial charge on any atom is 0.434 e. The van der Waals surface area contributed by atoms with Crippen molar-refractivity contribution in [2.75, 3.05) is 13.1 Å². The molecule has 136 valence electrons. The average molecular weight is 357 g/mol. The molecule has 0 bridgehead atoms. The molecule has 0 aromatic carbocycles. The molecule has 0 aliphatic carbocycles. The minimum atomic E-state index is -0.570.